The molecule has 1 N–H and O–H groups in total. The summed E-state index contributed by atoms with van der Waals surface area (Å²) in [5, 5.41) is 3.87. The zero-order valence-electron chi connectivity index (χ0n) is 10.7. The first-order valence-corrected chi connectivity index (χ1v) is 7.04. The van der Waals surface area contributed by atoms with Gasteiger partial charge in [0.2, 0.25) is 0 Å². The number of hydrogen-bond acceptors (Lipinski definition) is 2. The SMILES string of the molecule is CCC1CCC(C(NC)c2ccc(Cl)o2)CC1. The van der Waals surface area contributed by atoms with Gasteiger partial charge >= 0.3 is 0 Å². The third kappa shape index (κ3) is 3.05. The van der Waals surface area contributed by atoms with Crippen molar-refractivity contribution < 1.29 is 4.42 Å². The summed E-state index contributed by atoms with van der Waals surface area (Å²) in [6, 6.07) is 4.15. The Bertz CT molecular complexity index is 342. The summed E-state index contributed by atoms with van der Waals surface area (Å²) in [5.74, 6) is 2.60. The Morgan fingerprint density at radius 3 is 2.53 bits per heavy atom. The quantitative estimate of drug-likeness (QED) is 0.862. The molecule has 2 rings (SSSR count). The summed E-state index contributed by atoms with van der Waals surface area (Å²) in [6.45, 7) is 2.30. The molecule has 1 saturated carbocycles. The molecule has 0 spiro atoms. The van der Waals surface area contributed by atoms with Gasteiger partial charge in [-0.15, -0.1) is 0 Å². The van der Waals surface area contributed by atoms with E-state index in [0.29, 0.717) is 17.2 Å². The smallest absolute Gasteiger partial charge is 0.193 e. The second kappa shape index (κ2) is 5.92. The molecule has 1 aromatic rings. The number of hydrogen-bond donors (Lipinski definition) is 1. The van der Waals surface area contributed by atoms with E-state index in [1.54, 1.807) is 0 Å². The highest BCUT2D eigenvalue weighted by molar-refractivity contribution is 6.28. The van der Waals surface area contributed by atoms with Gasteiger partial charge in [0.15, 0.2) is 5.22 Å². The van der Waals surface area contributed by atoms with Crippen LogP contribution < -0.4 is 5.32 Å². The van der Waals surface area contributed by atoms with E-state index in [9.17, 15) is 0 Å². The van der Waals surface area contributed by atoms with Crippen LogP contribution in [0.25, 0.3) is 0 Å². The van der Waals surface area contributed by atoms with Crippen LogP contribution in [0.2, 0.25) is 5.22 Å². The molecule has 3 heteroatoms. The highest BCUT2D eigenvalue weighted by Gasteiger charge is 2.28. The van der Waals surface area contributed by atoms with Crippen LogP contribution in [0.1, 0.15) is 50.8 Å². The van der Waals surface area contributed by atoms with Crippen LogP contribution in [-0.4, -0.2) is 7.05 Å². The maximum atomic E-state index is 5.85. The minimum atomic E-state index is 0.320. The molecule has 1 aromatic heterocycles. The van der Waals surface area contributed by atoms with Crippen molar-refractivity contribution in [2.75, 3.05) is 7.05 Å². The van der Waals surface area contributed by atoms with Gasteiger partial charge in [0.1, 0.15) is 5.76 Å². The van der Waals surface area contributed by atoms with Crippen LogP contribution in [-0.2, 0) is 0 Å². The van der Waals surface area contributed by atoms with Crippen molar-refractivity contribution >= 4 is 11.6 Å². The Morgan fingerprint density at radius 1 is 1.35 bits per heavy atom. The molecular formula is C14H22ClNO. The summed E-state index contributed by atoms with van der Waals surface area (Å²) < 4.78 is 5.55. The zero-order chi connectivity index (χ0) is 12.3. The van der Waals surface area contributed by atoms with E-state index < -0.39 is 0 Å². The van der Waals surface area contributed by atoms with Crippen LogP contribution in [0.3, 0.4) is 0 Å². The summed E-state index contributed by atoms with van der Waals surface area (Å²) in [5.41, 5.74) is 0. The van der Waals surface area contributed by atoms with Gasteiger partial charge in [-0.05, 0) is 55.5 Å². The van der Waals surface area contributed by atoms with E-state index in [1.165, 1.54) is 32.1 Å². The van der Waals surface area contributed by atoms with Gasteiger partial charge in [-0.2, -0.15) is 0 Å². The molecule has 1 aliphatic rings. The van der Waals surface area contributed by atoms with Crippen LogP contribution in [0.5, 0.6) is 0 Å². The highest BCUT2D eigenvalue weighted by Crippen LogP contribution is 2.38. The minimum absolute atomic E-state index is 0.320. The molecule has 0 amide bonds. The maximum absolute atomic E-state index is 5.85. The Balaban J connectivity index is 2.00. The zero-order valence-corrected chi connectivity index (χ0v) is 11.5. The largest absolute Gasteiger partial charge is 0.448 e. The van der Waals surface area contributed by atoms with Gasteiger partial charge in [0.05, 0.1) is 6.04 Å². The average Bonchev–Trinajstić information content (AvgIpc) is 2.78. The Morgan fingerprint density at radius 2 is 2.06 bits per heavy atom. The van der Waals surface area contributed by atoms with Crippen molar-refractivity contribution in [1.29, 1.82) is 0 Å². The first-order valence-electron chi connectivity index (χ1n) is 6.67. The second-order valence-corrected chi connectivity index (χ2v) is 5.47. The molecular weight excluding hydrogens is 234 g/mol. The molecule has 1 aliphatic carbocycles. The van der Waals surface area contributed by atoms with Crippen LogP contribution >= 0.6 is 11.6 Å². The van der Waals surface area contributed by atoms with Gasteiger partial charge in [0.25, 0.3) is 0 Å². The summed E-state index contributed by atoms with van der Waals surface area (Å²) >= 11 is 5.85. The maximum Gasteiger partial charge on any atom is 0.193 e. The predicted octanol–water partition coefficient (Wildman–Crippen LogP) is 4.41. The lowest BCUT2D eigenvalue weighted by atomic mass is 9.77. The van der Waals surface area contributed by atoms with Gasteiger partial charge in [-0.3, -0.25) is 0 Å². The third-order valence-corrected chi connectivity index (χ3v) is 4.35. The number of halogens is 1. The van der Waals surface area contributed by atoms with Crippen molar-refractivity contribution in [3.05, 3.63) is 23.1 Å². The van der Waals surface area contributed by atoms with E-state index in [-0.39, 0.29) is 0 Å². The van der Waals surface area contributed by atoms with E-state index in [2.05, 4.69) is 12.2 Å². The highest BCUT2D eigenvalue weighted by atomic mass is 35.5. The molecule has 17 heavy (non-hydrogen) atoms. The van der Waals surface area contributed by atoms with Crippen molar-refractivity contribution in [2.24, 2.45) is 11.8 Å². The lowest BCUT2D eigenvalue weighted by Crippen LogP contribution is -2.28. The Hall–Kier alpha value is -0.470. The lowest BCUT2D eigenvalue weighted by molar-refractivity contribution is 0.208. The molecule has 0 aliphatic heterocycles. The fourth-order valence-corrected chi connectivity index (χ4v) is 3.19. The van der Waals surface area contributed by atoms with Crippen molar-refractivity contribution in [1.82, 2.24) is 5.32 Å². The number of rotatable bonds is 4. The normalized spacial score (nSPS) is 27.0. The number of nitrogens with one attached hydrogen (secondary N) is 1. The first-order chi connectivity index (χ1) is 8.24. The first kappa shape index (κ1) is 13.0. The molecule has 1 heterocycles. The van der Waals surface area contributed by atoms with E-state index in [4.69, 9.17) is 16.0 Å². The van der Waals surface area contributed by atoms with E-state index >= 15 is 0 Å². The van der Waals surface area contributed by atoms with Crippen molar-refractivity contribution in [2.45, 2.75) is 45.1 Å². The molecule has 0 bridgehead atoms. The van der Waals surface area contributed by atoms with Gasteiger partial charge < -0.3 is 9.73 Å². The molecule has 0 aromatic carbocycles. The van der Waals surface area contributed by atoms with E-state index in [1.807, 2.05) is 19.2 Å². The topological polar surface area (TPSA) is 25.2 Å². The van der Waals surface area contributed by atoms with Crippen LogP contribution in [0, 0.1) is 11.8 Å². The molecule has 1 fully saturated rings. The fourth-order valence-electron chi connectivity index (χ4n) is 3.04. The van der Waals surface area contributed by atoms with E-state index in [0.717, 1.165) is 11.7 Å². The monoisotopic (exact) mass is 255 g/mol. The summed E-state index contributed by atoms with van der Waals surface area (Å²) in [6.07, 6.45) is 6.62. The summed E-state index contributed by atoms with van der Waals surface area (Å²) in [7, 11) is 2.01. The van der Waals surface area contributed by atoms with Crippen LogP contribution in [0.15, 0.2) is 16.5 Å². The van der Waals surface area contributed by atoms with Gasteiger partial charge in [-0.25, -0.2) is 0 Å². The lowest BCUT2D eigenvalue weighted by Gasteiger charge is -2.32. The van der Waals surface area contributed by atoms with Crippen molar-refractivity contribution in [3.63, 3.8) is 0 Å². The molecule has 1 atom stereocenters. The minimum Gasteiger partial charge on any atom is -0.448 e. The average molecular weight is 256 g/mol. The standard InChI is InChI=1S/C14H22ClNO/c1-3-10-4-6-11(7-5-10)14(16-2)12-8-9-13(15)17-12/h8-11,14,16H,3-7H2,1-2H3. The molecule has 1 unspecified atom stereocenters. The van der Waals surface area contributed by atoms with Gasteiger partial charge in [-0.1, -0.05) is 26.2 Å². The molecule has 96 valence electrons. The Kier molecular flexibility index (Phi) is 4.52. The fraction of sp³-hybridized carbons (Fsp3) is 0.714. The number of furan rings is 1. The molecule has 0 radical (unpaired) electrons. The van der Waals surface area contributed by atoms with Gasteiger partial charge in [0, 0.05) is 0 Å². The van der Waals surface area contributed by atoms with Crippen molar-refractivity contribution in [3.8, 4) is 0 Å². The Labute approximate surface area is 109 Å². The summed E-state index contributed by atoms with van der Waals surface area (Å²) in [4.78, 5) is 0. The molecule has 2 nitrogen and oxygen atoms in total. The predicted molar refractivity (Wildman–Crippen MR) is 71.3 cm³/mol. The third-order valence-electron chi connectivity index (χ3n) is 4.15. The second-order valence-electron chi connectivity index (χ2n) is 5.10. The van der Waals surface area contributed by atoms with Crippen LogP contribution in [0.4, 0.5) is 0 Å². The molecule has 0 saturated heterocycles.